The van der Waals surface area contributed by atoms with Crippen molar-refractivity contribution in [1.82, 2.24) is 20.9 Å². The number of aromatic amines is 1. The number of carboxylic acid groups (broad SMARTS) is 1. The molecular formula is C21H29N5O7. The highest BCUT2D eigenvalue weighted by atomic mass is 16.4. The minimum absolute atomic E-state index is 0.0111. The average Bonchev–Trinajstić information content (AvgIpc) is 3.18. The number of hydrogen-bond acceptors (Lipinski definition) is 7. The summed E-state index contributed by atoms with van der Waals surface area (Å²) < 4.78 is 0. The third kappa shape index (κ3) is 6.75. The van der Waals surface area contributed by atoms with Crippen LogP contribution >= 0.6 is 0 Å². The number of rotatable bonds is 11. The van der Waals surface area contributed by atoms with E-state index in [2.05, 4.69) is 20.9 Å². The van der Waals surface area contributed by atoms with E-state index in [1.807, 2.05) is 24.3 Å². The van der Waals surface area contributed by atoms with Gasteiger partial charge in [-0.1, -0.05) is 18.2 Å². The molecule has 0 saturated heterocycles. The lowest BCUT2D eigenvalue weighted by Crippen LogP contribution is -2.59. The summed E-state index contributed by atoms with van der Waals surface area (Å²) in [6.07, 6.45) is 0.353. The van der Waals surface area contributed by atoms with Crippen LogP contribution in [-0.4, -0.2) is 80.9 Å². The first-order valence-electron chi connectivity index (χ1n) is 10.3. The highest BCUT2D eigenvalue weighted by molar-refractivity contribution is 5.94. The van der Waals surface area contributed by atoms with Crippen molar-refractivity contribution in [3.05, 3.63) is 36.0 Å². The lowest BCUT2D eigenvalue weighted by atomic mass is 10.0. The predicted octanol–water partition coefficient (Wildman–Crippen LogP) is -2.03. The molecule has 0 aliphatic rings. The van der Waals surface area contributed by atoms with Crippen molar-refractivity contribution in [2.45, 2.75) is 50.5 Å². The molecule has 5 unspecified atom stereocenters. The van der Waals surface area contributed by atoms with Gasteiger partial charge in [0.25, 0.3) is 0 Å². The van der Waals surface area contributed by atoms with Gasteiger partial charge in [0, 0.05) is 23.5 Å². The minimum Gasteiger partial charge on any atom is -0.480 e. The van der Waals surface area contributed by atoms with Crippen LogP contribution in [0.1, 0.15) is 19.4 Å². The first-order chi connectivity index (χ1) is 15.5. The number of fused-ring (bicyclic) bond motifs is 1. The van der Waals surface area contributed by atoms with Crippen LogP contribution in [0.5, 0.6) is 0 Å². The van der Waals surface area contributed by atoms with Gasteiger partial charge in [0.15, 0.2) is 0 Å². The zero-order chi connectivity index (χ0) is 24.7. The van der Waals surface area contributed by atoms with Crippen LogP contribution in [0.4, 0.5) is 0 Å². The van der Waals surface area contributed by atoms with Crippen molar-refractivity contribution in [2.75, 3.05) is 6.61 Å². The van der Waals surface area contributed by atoms with E-state index in [0.717, 1.165) is 10.9 Å². The molecular weight excluding hydrogens is 434 g/mol. The molecule has 2 rings (SSSR count). The summed E-state index contributed by atoms with van der Waals surface area (Å²) >= 11 is 0. The van der Waals surface area contributed by atoms with Crippen molar-refractivity contribution in [2.24, 2.45) is 5.73 Å². The third-order valence-electron chi connectivity index (χ3n) is 5.06. The number of amides is 3. The Balaban J connectivity index is 2.03. The molecule has 1 aromatic carbocycles. The van der Waals surface area contributed by atoms with Gasteiger partial charge in [-0.05, 0) is 25.5 Å². The number of aliphatic hydroxyl groups excluding tert-OH is 2. The molecule has 1 heterocycles. The van der Waals surface area contributed by atoms with Crippen LogP contribution in [0, 0.1) is 0 Å². The SMILES string of the molecule is CC(NC(=O)C(NC(=O)C(N)CO)C(C)O)C(=O)NC(Cc1c[nH]c2ccccc12)C(=O)O. The molecule has 12 nitrogen and oxygen atoms in total. The molecule has 9 N–H and O–H groups in total. The van der Waals surface area contributed by atoms with Crippen LogP contribution in [0.15, 0.2) is 30.5 Å². The molecule has 0 radical (unpaired) electrons. The van der Waals surface area contributed by atoms with Gasteiger partial charge in [-0.15, -0.1) is 0 Å². The first-order valence-corrected chi connectivity index (χ1v) is 10.3. The molecule has 0 aliphatic carbocycles. The third-order valence-corrected chi connectivity index (χ3v) is 5.06. The van der Waals surface area contributed by atoms with Gasteiger partial charge in [-0.25, -0.2) is 4.79 Å². The number of carbonyl (C=O) groups excluding carboxylic acids is 3. The topological polar surface area (TPSA) is 207 Å². The second-order valence-corrected chi connectivity index (χ2v) is 7.71. The van der Waals surface area contributed by atoms with Crippen molar-refractivity contribution in [3.63, 3.8) is 0 Å². The summed E-state index contributed by atoms with van der Waals surface area (Å²) in [7, 11) is 0. The zero-order valence-corrected chi connectivity index (χ0v) is 18.2. The Morgan fingerprint density at radius 1 is 1.03 bits per heavy atom. The summed E-state index contributed by atoms with van der Waals surface area (Å²) in [5, 5.41) is 36.1. The fourth-order valence-corrected chi connectivity index (χ4v) is 3.13. The maximum atomic E-state index is 12.6. The van der Waals surface area contributed by atoms with E-state index in [9.17, 15) is 29.4 Å². The zero-order valence-electron chi connectivity index (χ0n) is 18.2. The lowest BCUT2D eigenvalue weighted by molar-refractivity contribution is -0.142. The molecule has 5 atom stereocenters. The number of nitrogens with two attached hydrogens (primary N) is 1. The van der Waals surface area contributed by atoms with Gasteiger partial charge in [-0.2, -0.15) is 0 Å². The van der Waals surface area contributed by atoms with E-state index in [1.165, 1.54) is 13.8 Å². The van der Waals surface area contributed by atoms with Gasteiger partial charge in [-0.3, -0.25) is 14.4 Å². The van der Waals surface area contributed by atoms with E-state index in [0.29, 0.717) is 5.56 Å². The second kappa shape index (κ2) is 11.4. The molecule has 33 heavy (non-hydrogen) atoms. The lowest BCUT2D eigenvalue weighted by Gasteiger charge is -2.24. The predicted molar refractivity (Wildman–Crippen MR) is 118 cm³/mol. The molecule has 180 valence electrons. The van der Waals surface area contributed by atoms with Crippen LogP contribution in [-0.2, 0) is 25.6 Å². The Hall–Kier alpha value is -3.48. The van der Waals surface area contributed by atoms with Crippen LogP contribution in [0.25, 0.3) is 10.9 Å². The van der Waals surface area contributed by atoms with Gasteiger partial charge in [0.2, 0.25) is 17.7 Å². The van der Waals surface area contributed by atoms with Crippen LogP contribution < -0.4 is 21.7 Å². The summed E-state index contributed by atoms with van der Waals surface area (Å²) in [5.41, 5.74) is 6.92. The maximum absolute atomic E-state index is 12.6. The number of para-hydroxylation sites is 1. The van der Waals surface area contributed by atoms with E-state index < -0.39 is 60.6 Å². The van der Waals surface area contributed by atoms with Gasteiger partial charge >= 0.3 is 5.97 Å². The van der Waals surface area contributed by atoms with Crippen molar-refractivity contribution < 1.29 is 34.5 Å². The molecule has 3 amide bonds. The molecule has 0 aliphatic heterocycles. The second-order valence-electron chi connectivity index (χ2n) is 7.71. The molecule has 1 aromatic heterocycles. The molecule has 0 bridgehead atoms. The Morgan fingerprint density at radius 2 is 1.70 bits per heavy atom. The van der Waals surface area contributed by atoms with E-state index in [-0.39, 0.29) is 6.42 Å². The average molecular weight is 463 g/mol. The summed E-state index contributed by atoms with van der Waals surface area (Å²) in [6, 6.07) is 2.17. The molecule has 0 fully saturated rings. The van der Waals surface area contributed by atoms with Crippen molar-refractivity contribution >= 4 is 34.6 Å². The molecule has 12 heteroatoms. The number of H-pyrrole nitrogens is 1. The van der Waals surface area contributed by atoms with Crippen LogP contribution in [0.3, 0.4) is 0 Å². The van der Waals surface area contributed by atoms with Crippen LogP contribution in [0.2, 0.25) is 0 Å². The van der Waals surface area contributed by atoms with Crippen molar-refractivity contribution in [1.29, 1.82) is 0 Å². The van der Waals surface area contributed by atoms with Gasteiger partial charge in [0.05, 0.1) is 12.7 Å². The van der Waals surface area contributed by atoms with Gasteiger partial charge in [0.1, 0.15) is 24.2 Å². The van der Waals surface area contributed by atoms with E-state index in [1.54, 1.807) is 6.20 Å². The molecule has 0 saturated carbocycles. The Labute approximate surface area is 189 Å². The summed E-state index contributed by atoms with van der Waals surface area (Å²) in [6.45, 7) is 1.92. The fourth-order valence-electron chi connectivity index (χ4n) is 3.13. The van der Waals surface area contributed by atoms with E-state index in [4.69, 9.17) is 10.8 Å². The standard InChI is InChI=1S/C21H29N5O7/c1-10(24-20(31)17(11(2)28)26-19(30)14(22)9-27)18(29)25-16(21(32)33)7-12-8-23-15-6-4-3-5-13(12)15/h3-6,8,10-11,14,16-17,23,27-28H,7,9,22H2,1-2H3,(H,24,31)(H,25,29)(H,26,30)(H,32,33). The number of aromatic nitrogens is 1. The number of nitrogens with one attached hydrogen (secondary N) is 4. The highest BCUT2D eigenvalue weighted by Crippen LogP contribution is 2.19. The maximum Gasteiger partial charge on any atom is 0.326 e. The minimum atomic E-state index is -1.44. The number of hydrogen-bond donors (Lipinski definition) is 8. The Bertz CT molecular complexity index is 1010. The number of carboxylic acids is 1. The smallest absolute Gasteiger partial charge is 0.326 e. The Kier molecular flexibility index (Phi) is 8.91. The van der Waals surface area contributed by atoms with Gasteiger partial charge < -0.3 is 42.0 Å². The highest BCUT2D eigenvalue weighted by Gasteiger charge is 2.31. The monoisotopic (exact) mass is 463 g/mol. The molecule has 0 spiro atoms. The largest absolute Gasteiger partial charge is 0.480 e. The summed E-state index contributed by atoms with van der Waals surface area (Å²) in [5.74, 6) is -3.76. The number of benzene rings is 1. The number of carbonyl (C=O) groups is 4. The fraction of sp³-hybridized carbons (Fsp3) is 0.429. The first kappa shape index (κ1) is 25.8. The number of aliphatic hydroxyl groups is 2. The molecule has 2 aromatic rings. The number of aliphatic carboxylic acids is 1. The van der Waals surface area contributed by atoms with Crippen molar-refractivity contribution in [3.8, 4) is 0 Å². The Morgan fingerprint density at radius 3 is 2.30 bits per heavy atom. The summed E-state index contributed by atoms with van der Waals surface area (Å²) in [4.78, 5) is 51.6. The van der Waals surface area contributed by atoms with E-state index >= 15 is 0 Å². The normalized spacial score (nSPS) is 15.7. The quantitative estimate of drug-likeness (QED) is 0.186.